The van der Waals surface area contributed by atoms with E-state index in [0.29, 0.717) is 38.9 Å². The number of carbonyl (C=O) groups excluding carboxylic acids is 1. The summed E-state index contributed by atoms with van der Waals surface area (Å²) in [6, 6.07) is 2.01. The second-order valence-electron chi connectivity index (χ2n) is 12.2. The summed E-state index contributed by atoms with van der Waals surface area (Å²) in [6.07, 6.45) is 3.85. The number of amides is 2. The molecule has 1 aromatic carbocycles. The van der Waals surface area contributed by atoms with Crippen LogP contribution in [0, 0.1) is 17.5 Å². The molecular weight excluding hydrogens is 535 g/mol. The van der Waals surface area contributed by atoms with Crippen molar-refractivity contribution in [3.8, 4) is 5.75 Å². The summed E-state index contributed by atoms with van der Waals surface area (Å²) in [5.74, 6) is -2.81. The molecular formula is C29H42F3N7O2. The molecule has 3 N–H and O–H groups in total. The predicted molar refractivity (Wildman–Crippen MR) is 153 cm³/mol. The van der Waals surface area contributed by atoms with E-state index in [2.05, 4.69) is 65.6 Å². The number of hydrogen-bond acceptors (Lipinski definition) is 7. The van der Waals surface area contributed by atoms with Crippen LogP contribution in [0.4, 0.5) is 35.4 Å². The van der Waals surface area contributed by atoms with E-state index in [0.717, 1.165) is 31.2 Å². The van der Waals surface area contributed by atoms with Gasteiger partial charge in [-0.3, -0.25) is 4.90 Å². The molecule has 4 rings (SSSR count). The van der Waals surface area contributed by atoms with Gasteiger partial charge in [0.2, 0.25) is 5.95 Å². The lowest BCUT2D eigenvalue weighted by Crippen LogP contribution is -2.61. The van der Waals surface area contributed by atoms with E-state index in [9.17, 15) is 9.18 Å². The average molecular weight is 578 g/mol. The number of carbonyl (C=O) groups is 1. The van der Waals surface area contributed by atoms with Crippen LogP contribution in [0.2, 0.25) is 0 Å². The standard InChI is InChI=1S/C29H42F3N7O2/c1-7-33-27(40)39-11-8-9-20(10-12-39)41-24-21(30)13-18(14-22(24)31)36-26-34-17-23(32)25(37-26)35-19-15-28(2,3)38(6)29(4,5)16-19/h13-14,17,19-20H,7-12,15-16H2,1-6H3,(H,33,40)(H2,34,35,36,37). The first-order valence-corrected chi connectivity index (χ1v) is 14.3. The Labute approximate surface area is 240 Å². The molecule has 2 saturated heterocycles. The zero-order valence-electron chi connectivity index (χ0n) is 24.8. The highest BCUT2D eigenvalue weighted by Crippen LogP contribution is 2.38. The summed E-state index contributed by atoms with van der Waals surface area (Å²) in [4.78, 5) is 24.4. The number of halogens is 3. The van der Waals surface area contributed by atoms with Crippen molar-refractivity contribution < 1.29 is 22.7 Å². The second kappa shape index (κ2) is 12.3. The SMILES string of the molecule is CCNC(=O)N1CCCC(Oc2c(F)cc(Nc3ncc(F)c(NC4CC(C)(C)N(C)C(C)(C)C4)n3)cc2F)CC1. The van der Waals surface area contributed by atoms with Gasteiger partial charge in [0.05, 0.1) is 6.20 Å². The molecule has 226 valence electrons. The Morgan fingerprint density at radius 3 is 2.34 bits per heavy atom. The third-order valence-electron chi connectivity index (χ3n) is 8.22. The third kappa shape index (κ3) is 7.33. The molecule has 0 spiro atoms. The average Bonchev–Trinajstić information content (AvgIpc) is 3.12. The highest BCUT2D eigenvalue weighted by molar-refractivity contribution is 5.74. The van der Waals surface area contributed by atoms with Gasteiger partial charge in [-0.1, -0.05) is 0 Å². The molecule has 3 heterocycles. The number of benzene rings is 1. The van der Waals surface area contributed by atoms with Gasteiger partial charge in [0.15, 0.2) is 29.0 Å². The van der Waals surface area contributed by atoms with Gasteiger partial charge in [0, 0.05) is 61.0 Å². The first-order valence-electron chi connectivity index (χ1n) is 14.3. The lowest BCUT2D eigenvalue weighted by molar-refractivity contribution is -0.00778. The number of rotatable bonds is 7. The second-order valence-corrected chi connectivity index (χ2v) is 12.2. The maximum Gasteiger partial charge on any atom is 0.317 e. The molecule has 0 saturated carbocycles. The number of ether oxygens (including phenoxy) is 1. The fourth-order valence-electron chi connectivity index (χ4n) is 5.89. The molecule has 12 heteroatoms. The largest absolute Gasteiger partial charge is 0.484 e. The van der Waals surface area contributed by atoms with Crippen molar-refractivity contribution in [2.75, 3.05) is 37.3 Å². The fourth-order valence-corrected chi connectivity index (χ4v) is 5.89. The molecule has 0 aliphatic carbocycles. The van der Waals surface area contributed by atoms with E-state index in [1.807, 2.05) is 6.92 Å². The lowest BCUT2D eigenvalue weighted by Gasteiger charge is -2.53. The first-order chi connectivity index (χ1) is 19.3. The Bertz CT molecular complexity index is 1200. The Balaban J connectivity index is 1.43. The number of piperidine rings is 1. The van der Waals surface area contributed by atoms with Crippen molar-refractivity contribution in [3.05, 3.63) is 35.8 Å². The highest BCUT2D eigenvalue weighted by atomic mass is 19.1. The number of likely N-dealkylation sites (tertiary alicyclic amines) is 2. The molecule has 1 atom stereocenters. The molecule has 9 nitrogen and oxygen atoms in total. The van der Waals surface area contributed by atoms with Gasteiger partial charge in [-0.25, -0.2) is 22.9 Å². The summed E-state index contributed by atoms with van der Waals surface area (Å²) in [7, 11) is 2.09. The fraction of sp³-hybridized carbons (Fsp3) is 0.621. The molecule has 2 fully saturated rings. The third-order valence-corrected chi connectivity index (χ3v) is 8.22. The minimum absolute atomic E-state index is 0.00188. The lowest BCUT2D eigenvalue weighted by atomic mass is 9.77. The summed E-state index contributed by atoms with van der Waals surface area (Å²) >= 11 is 0. The van der Waals surface area contributed by atoms with E-state index < -0.39 is 29.3 Å². The summed E-state index contributed by atoms with van der Waals surface area (Å²) in [5, 5.41) is 8.76. The van der Waals surface area contributed by atoms with Gasteiger partial charge < -0.3 is 25.6 Å². The minimum Gasteiger partial charge on any atom is -0.484 e. The van der Waals surface area contributed by atoms with Gasteiger partial charge in [0.25, 0.3) is 0 Å². The van der Waals surface area contributed by atoms with Crippen molar-refractivity contribution >= 4 is 23.5 Å². The van der Waals surface area contributed by atoms with E-state index in [-0.39, 0.29) is 40.6 Å². The van der Waals surface area contributed by atoms with E-state index in [4.69, 9.17) is 4.74 Å². The normalized spacial score (nSPS) is 21.2. The van der Waals surface area contributed by atoms with Crippen LogP contribution in [0.15, 0.2) is 18.3 Å². The van der Waals surface area contributed by atoms with Crippen molar-refractivity contribution in [2.45, 2.75) is 89.9 Å². The van der Waals surface area contributed by atoms with Crippen molar-refractivity contribution in [1.82, 2.24) is 25.1 Å². The van der Waals surface area contributed by atoms with Crippen LogP contribution in [0.3, 0.4) is 0 Å². The molecule has 0 bridgehead atoms. The first kappa shape index (κ1) is 30.7. The van der Waals surface area contributed by atoms with Gasteiger partial charge in [-0.2, -0.15) is 4.98 Å². The van der Waals surface area contributed by atoms with Crippen molar-refractivity contribution in [2.24, 2.45) is 0 Å². The predicted octanol–water partition coefficient (Wildman–Crippen LogP) is 5.66. The molecule has 2 aromatic rings. The van der Waals surface area contributed by atoms with Crippen LogP contribution in [-0.2, 0) is 0 Å². The van der Waals surface area contributed by atoms with E-state index in [1.165, 1.54) is 0 Å². The maximum atomic E-state index is 15.0. The highest BCUT2D eigenvalue weighted by Gasteiger charge is 2.43. The van der Waals surface area contributed by atoms with Crippen molar-refractivity contribution in [3.63, 3.8) is 0 Å². The van der Waals surface area contributed by atoms with Crippen LogP contribution >= 0.6 is 0 Å². The zero-order valence-corrected chi connectivity index (χ0v) is 24.8. The Kier molecular flexibility index (Phi) is 9.20. The maximum absolute atomic E-state index is 15.0. The number of hydrogen-bond donors (Lipinski definition) is 3. The molecule has 0 radical (unpaired) electrons. The van der Waals surface area contributed by atoms with Crippen molar-refractivity contribution in [1.29, 1.82) is 0 Å². The number of anilines is 3. The molecule has 2 aliphatic heterocycles. The summed E-state index contributed by atoms with van der Waals surface area (Å²) in [5.41, 5.74) is -0.152. The van der Waals surface area contributed by atoms with Gasteiger partial charge in [-0.05, 0) is 67.3 Å². The van der Waals surface area contributed by atoms with Crippen LogP contribution in [0.25, 0.3) is 0 Å². The quantitative estimate of drug-likeness (QED) is 0.391. The molecule has 1 unspecified atom stereocenters. The van der Waals surface area contributed by atoms with Crippen LogP contribution in [0.5, 0.6) is 5.75 Å². The molecule has 41 heavy (non-hydrogen) atoms. The molecule has 1 aromatic heterocycles. The molecule has 2 amide bonds. The zero-order chi connectivity index (χ0) is 29.9. The topological polar surface area (TPSA) is 94.7 Å². The van der Waals surface area contributed by atoms with Crippen LogP contribution < -0.4 is 20.7 Å². The van der Waals surface area contributed by atoms with Gasteiger partial charge in [-0.15, -0.1) is 0 Å². The van der Waals surface area contributed by atoms with Gasteiger partial charge >= 0.3 is 6.03 Å². The number of nitrogens with one attached hydrogen (secondary N) is 3. The molecule has 2 aliphatic rings. The summed E-state index contributed by atoms with van der Waals surface area (Å²) < 4.78 is 50.4. The smallest absolute Gasteiger partial charge is 0.317 e. The number of nitrogens with zero attached hydrogens (tertiary/aromatic N) is 4. The Morgan fingerprint density at radius 2 is 1.71 bits per heavy atom. The Hall–Kier alpha value is -3.28. The number of aromatic nitrogens is 2. The number of urea groups is 1. The van der Waals surface area contributed by atoms with Gasteiger partial charge in [0.1, 0.15) is 6.10 Å². The summed E-state index contributed by atoms with van der Waals surface area (Å²) in [6.45, 7) is 12.0. The van der Waals surface area contributed by atoms with E-state index in [1.54, 1.807) is 4.90 Å². The minimum atomic E-state index is -0.881. The van der Waals surface area contributed by atoms with E-state index >= 15 is 8.78 Å². The monoisotopic (exact) mass is 577 g/mol. The van der Waals surface area contributed by atoms with Crippen LogP contribution in [-0.4, -0.2) is 75.7 Å². The van der Waals surface area contributed by atoms with Crippen LogP contribution in [0.1, 0.15) is 66.7 Å². The Morgan fingerprint density at radius 1 is 1.05 bits per heavy atom.